The van der Waals surface area contributed by atoms with Gasteiger partial charge in [0.2, 0.25) is 0 Å². The van der Waals surface area contributed by atoms with Crippen LogP contribution in [-0.2, 0) is 58.1 Å². The second-order valence-corrected chi connectivity index (χ2v) is 3.14. The van der Waals surface area contributed by atoms with E-state index in [0.717, 1.165) is 0 Å². The van der Waals surface area contributed by atoms with Gasteiger partial charge in [0.15, 0.2) is 0 Å². The minimum Gasteiger partial charge on any atom is -0.542 e. The Morgan fingerprint density at radius 3 is 0.400 bits per heavy atom. The van der Waals surface area contributed by atoms with E-state index in [4.69, 9.17) is 39.6 Å². The Kier molecular flexibility index (Phi) is 22.7. The summed E-state index contributed by atoms with van der Waals surface area (Å²) in [5, 5.41) is 35.1. The number of hydrogen-bond donors (Lipinski definition) is 0. The standard InChI is InChI=1S/4C2HF3O2.2Ru/c4*3-2(4,5)1(6)7;;/h4*(H,6,7);;/q;;;;2*+3/p-4. The van der Waals surface area contributed by atoms with Crippen LogP contribution in [0.1, 0.15) is 0 Å². The molecule has 0 aromatic heterocycles. The Morgan fingerprint density at radius 1 is 0.367 bits per heavy atom. The van der Waals surface area contributed by atoms with Gasteiger partial charge in [-0.15, -0.1) is 0 Å². The van der Waals surface area contributed by atoms with Crippen molar-refractivity contribution in [1.82, 2.24) is 0 Å². The molecule has 0 atom stereocenters. The van der Waals surface area contributed by atoms with E-state index in [2.05, 4.69) is 0 Å². The quantitative estimate of drug-likeness (QED) is 0.200. The second kappa shape index (κ2) is 16.0. The molecule has 0 heterocycles. The van der Waals surface area contributed by atoms with E-state index in [1.807, 2.05) is 0 Å². The Bertz CT molecular complexity index is 440. The van der Waals surface area contributed by atoms with Crippen LogP contribution in [0.25, 0.3) is 0 Å². The van der Waals surface area contributed by atoms with Gasteiger partial charge in [-0.3, -0.25) is 0 Å². The third kappa shape index (κ3) is 33.8. The molecule has 0 saturated heterocycles. The first-order valence-electron chi connectivity index (χ1n) is 4.90. The molecule has 0 saturated carbocycles. The molecule has 0 spiro atoms. The molecule has 178 valence electrons. The number of hydrogen-bond acceptors (Lipinski definition) is 8. The maximum absolute atomic E-state index is 10.5. The van der Waals surface area contributed by atoms with Crippen LogP contribution in [0.2, 0.25) is 0 Å². The minimum absolute atomic E-state index is 0. The Hall–Kier alpha value is -1.71. The van der Waals surface area contributed by atoms with E-state index < -0.39 is 48.6 Å². The van der Waals surface area contributed by atoms with E-state index in [1.165, 1.54) is 0 Å². The molecule has 30 heavy (non-hydrogen) atoms. The zero-order valence-corrected chi connectivity index (χ0v) is 16.0. The number of carbonyl (C=O) groups is 4. The van der Waals surface area contributed by atoms with Crippen molar-refractivity contribution < 1.29 is 131 Å². The van der Waals surface area contributed by atoms with Crippen molar-refractivity contribution in [3.8, 4) is 0 Å². The van der Waals surface area contributed by atoms with Gasteiger partial charge in [0.1, 0.15) is 23.9 Å². The van der Waals surface area contributed by atoms with Gasteiger partial charge in [0.25, 0.3) is 0 Å². The molecule has 0 unspecified atom stereocenters. The van der Waals surface area contributed by atoms with Gasteiger partial charge in [0, 0.05) is 0 Å². The van der Waals surface area contributed by atoms with Crippen LogP contribution in [0, 0.1) is 0 Å². The number of halogens is 12. The van der Waals surface area contributed by atoms with Gasteiger partial charge in [-0.05, 0) is 0 Å². The predicted octanol–water partition coefficient (Wildman–Crippen LogP) is -2.81. The molecule has 0 N–H and O–H groups in total. The molecule has 0 aromatic carbocycles. The molecule has 2 radical (unpaired) electrons. The number of rotatable bonds is 0. The number of carboxylic acid groups (broad SMARTS) is 4. The molecule has 0 aliphatic rings. The molecule has 0 fully saturated rings. The Morgan fingerprint density at radius 2 is 0.400 bits per heavy atom. The van der Waals surface area contributed by atoms with Crippen LogP contribution < -0.4 is 20.4 Å². The molecule has 22 heteroatoms. The first-order chi connectivity index (χ1) is 11.8. The van der Waals surface area contributed by atoms with E-state index >= 15 is 0 Å². The summed E-state index contributed by atoms with van der Waals surface area (Å²) in [6, 6.07) is 0. The van der Waals surface area contributed by atoms with Crippen LogP contribution in [0.3, 0.4) is 0 Å². The summed E-state index contributed by atoms with van der Waals surface area (Å²) in [6.07, 6.45) is -20.8. The summed E-state index contributed by atoms with van der Waals surface area (Å²) >= 11 is 0. The number of aliphatic carboxylic acids is 4. The van der Waals surface area contributed by atoms with Gasteiger partial charge < -0.3 is 39.6 Å². The van der Waals surface area contributed by atoms with Crippen molar-refractivity contribution in [2.24, 2.45) is 0 Å². The molecule has 0 aromatic rings. The number of carboxylic acids is 4. The van der Waals surface area contributed by atoms with Gasteiger partial charge in [0.05, 0.1) is 0 Å². The van der Waals surface area contributed by atoms with Crippen LogP contribution >= 0.6 is 0 Å². The molecular formula is C8F12O8Ru2+2. The third-order valence-corrected chi connectivity index (χ3v) is 0.926. The van der Waals surface area contributed by atoms with Crippen LogP contribution in [0.15, 0.2) is 0 Å². The van der Waals surface area contributed by atoms with E-state index in [0.29, 0.717) is 0 Å². The summed E-state index contributed by atoms with van der Waals surface area (Å²) in [4.78, 5) is 35.1. The SMILES string of the molecule is O=C([O-])C(F)(F)F.O=C([O-])C(F)(F)F.O=C([O-])C(F)(F)F.O=C([O-])C(F)(F)F.[Ru+3].[Ru+3]. The van der Waals surface area contributed by atoms with E-state index in [1.54, 1.807) is 0 Å². The molecule has 8 nitrogen and oxygen atoms in total. The third-order valence-electron chi connectivity index (χ3n) is 0.926. The van der Waals surface area contributed by atoms with E-state index in [-0.39, 0.29) is 39.0 Å². The summed E-state index contributed by atoms with van der Waals surface area (Å²) in [5.41, 5.74) is 0. The molecule has 0 aliphatic carbocycles. The maximum Gasteiger partial charge on any atom is 3.00 e. The average molecular weight is 654 g/mol. The monoisotopic (exact) mass is 656 g/mol. The van der Waals surface area contributed by atoms with Crippen molar-refractivity contribution in [3.63, 3.8) is 0 Å². The zero-order valence-electron chi connectivity index (χ0n) is 12.5. The fraction of sp³-hybridized carbons (Fsp3) is 0.500. The van der Waals surface area contributed by atoms with Gasteiger partial charge in [-0.1, -0.05) is 0 Å². The summed E-state index contributed by atoms with van der Waals surface area (Å²) < 4.78 is 126. The van der Waals surface area contributed by atoms with Crippen molar-refractivity contribution >= 4 is 23.9 Å². The van der Waals surface area contributed by atoms with E-state index in [9.17, 15) is 52.7 Å². The zero-order chi connectivity index (χ0) is 24.3. The average Bonchev–Trinajstić information content (AvgIpc) is 2.35. The fourth-order valence-corrected chi connectivity index (χ4v) is 0. The first kappa shape index (κ1) is 42.4. The van der Waals surface area contributed by atoms with Gasteiger partial charge in [-0.25, -0.2) is 0 Å². The molecule has 0 aliphatic heterocycles. The Labute approximate surface area is 180 Å². The predicted molar refractivity (Wildman–Crippen MR) is 44.2 cm³/mol. The van der Waals surface area contributed by atoms with Crippen molar-refractivity contribution in [1.29, 1.82) is 0 Å². The molecular weight excluding hydrogens is 654 g/mol. The Balaban J connectivity index is -0.0000000626. The van der Waals surface area contributed by atoms with Crippen molar-refractivity contribution in [3.05, 3.63) is 0 Å². The fourth-order valence-electron chi connectivity index (χ4n) is 0. The van der Waals surface area contributed by atoms with Crippen LogP contribution in [0.5, 0.6) is 0 Å². The first-order valence-corrected chi connectivity index (χ1v) is 4.90. The summed E-state index contributed by atoms with van der Waals surface area (Å²) in [5.74, 6) is -12.0. The van der Waals surface area contributed by atoms with Crippen LogP contribution in [-0.4, -0.2) is 48.6 Å². The summed E-state index contributed by atoms with van der Waals surface area (Å²) in [6.45, 7) is 0. The van der Waals surface area contributed by atoms with Gasteiger partial charge in [-0.2, -0.15) is 52.7 Å². The van der Waals surface area contributed by atoms with Crippen molar-refractivity contribution in [2.75, 3.05) is 0 Å². The second-order valence-electron chi connectivity index (χ2n) is 3.14. The maximum atomic E-state index is 10.5. The molecule has 0 amide bonds. The van der Waals surface area contributed by atoms with Gasteiger partial charge >= 0.3 is 63.7 Å². The topological polar surface area (TPSA) is 161 Å². The molecule has 0 rings (SSSR count). The van der Waals surface area contributed by atoms with Crippen molar-refractivity contribution in [2.45, 2.75) is 24.7 Å². The minimum atomic E-state index is -5.19. The smallest absolute Gasteiger partial charge is 0.542 e. The summed E-state index contributed by atoms with van der Waals surface area (Å²) in [7, 11) is 0. The molecule has 0 bridgehead atoms. The number of alkyl halides is 12. The normalized spacial score (nSPS) is 10.5. The largest absolute Gasteiger partial charge is 3.00 e. The number of carbonyl (C=O) groups excluding carboxylic acids is 4. The van der Waals surface area contributed by atoms with Crippen LogP contribution in [0.4, 0.5) is 52.7 Å².